The smallest absolute Gasteiger partial charge is 0.417 e. The van der Waals surface area contributed by atoms with Crippen LogP contribution in [-0.2, 0) is 6.18 Å². The Morgan fingerprint density at radius 2 is 1.85 bits per heavy atom. The summed E-state index contributed by atoms with van der Waals surface area (Å²) in [6, 6.07) is 14.5. The minimum atomic E-state index is -4.43. The van der Waals surface area contributed by atoms with E-state index in [2.05, 4.69) is 15.5 Å². The van der Waals surface area contributed by atoms with Crippen LogP contribution in [0, 0.1) is 11.3 Å². The molecule has 0 fully saturated rings. The zero-order valence-corrected chi connectivity index (χ0v) is 13.2. The Morgan fingerprint density at radius 3 is 2.46 bits per heavy atom. The van der Waals surface area contributed by atoms with E-state index in [0.717, 1.165) is 17.8 Å². The molecule has 0 unspecified atom stereocenters. The van der Waals surface area contributed by atoms with Gasteiger partial charge in [-0.05, 0) is 48.5 Å². The number of nitrogens with zero attached hydrogens (tertiary/aromatic N) is 3. The van der Waals surface area contributed by atoms with E-state index in [1.54, 1.807) is 36.4 Å². The van der Waals surface area contributed by atoms with E-state index < -0.39 is 11.7 Å². The number of furan rings is 1. The van der Waals surface area contributed by atoms with Crippen molar-refractivity contribution in [1.29, 1.82) is 5.26 Å². The maximum absolute atomic E-state index is 12.5. The molecule has 1 N–H and O–H groups in total. The standard InChI is InChI=1S/C18H11F3N4O/c19-18(20,21)14-5-8-17(23-10-14)25-24-11-15-6-7-16(26-15)13-3-1-12(9-22)2-4-13/h1-8,10-11H,(H,23,25)/b24-11+. The molecule has 0 radical (unpaired) electrons. The number of aromatic nitrogens is 1. The molecule has 0 atom stereocenters. The first-order valence-electron chi connectivity index (χ1n) is 7.38. The van der Waals surface area contributed by atoms with Crippen LogP contribution in [-0.4, -0.2) is 11.2 Å². The average molecular weight is 356 g/mol. The van der Waals surface area contributed by atoms with Crippen molar-refractivity contribution in [2.45, 2.75) is 6.18 Å². The number of alkyl halides is 3. The Bertz CT molecular complexity index is 952. The molecular formula is C18H11F3N4O. The minimum Gasteiger partial charge on any atom is -0.455 e. The summed E-state index contributed by atoms with van der Waals surface area (Å²) in [6.07, 6.45) is -2.31. The van der Waals surface area contributed by atoms with Crippen LogP contribution in [0.1, 0.15) is 16.9 Å². The van der Waals surface area contributed by atoms with E-state index in [9.17, 15) is 13.2 Å². The fourth-order valence-electron chi connectivity index (χ4n) is 2.08. The van der Waals surface area contributed by atoms with Crippen molar-refractivity contribution in [3.63, 3.8) is 0 Å². The molecule has 26 heavy (non-hydrogen) atoms. The number of pyridine rings is 1. The summed E-state index contributed by atoms with van der Waals surface area (Å²) in [4.78, 5) is 3.64. The number of hydrazone groups is 1. The van der Waals surface area contributed by atoms with Gasteiger partial charge in [0.25, 0.3) is 0 Å². The van der Waals surface area contributed by atoms with Gasteiger partial charge in [0.05, 0.1) is 23.4 Å². The number of benzene rings is 1. The van der Waals surface area contributed by atoms with Crippen LogP contribution in [0.15, 0.2) is 64.2 Å². The van der Waals surface area contributed by atoms with Gasteiger partial charge in [-0.1, -0.05) is 0 Å². The lowest BCUT2D eigenvalue weighted by molar-refractivity contribution is -0.137. The van der Waals surface area contributed by atoms with Crippen LogP contribution in [0.2, 0.25) is 0 Å². The van der Waals surface area contributed by atoms with Crippen LogP contribution in [0.5, 0.6) is 0 Å². The largest absolute Gasteiger partial charge is 0.455 e. The molecule has 0 aliphatic carbocycles. The molecule has 0 bridgehead atoms. The van der Waals surface area contributed by atoms with Gasteiger partial charge in [0.2, 0.25) is 0 Å². The molecule has 0 saturated heterocycles. The van der Waals surface area contributed by atoms with Crippen LogP contribution in [0.3, 0.4) is 0 Å². The van der Waals surface area contributed by atoms with Crippen molar-refractivity contribution in [1.82, 2.24) is 4.98 Å². The number of hydrogen-bond acceptors (Lipinski definition) is 5. The Labute approximate surface area is 146 Å². The number of hydrogen-bond donors (Lipinski definition) is 1. The molecule has 1 aromatic carbocycles. The molecule has 3 aromatic rings. The van der Waals surface area contributed by atoms with Gasteiger partial charge in [0.15, 0.2) is 0 Å². The number of nitrogens with one attached hydrogen (secondary N) is 1. The van der Waals surface area contributed by atoms with Crippen molar-refractivity contribution in [2.24, 2.45) is 5.10 Å². The first-order chi connectivity index (χ1) is 12.5. The highest BCUT2D eigenvalue weighted by Gasteiger charge is 2.30. The molecule has 2 heterocycles. The van der Waals surface area contributed by atoms with Gasteiger partial charge in [0, 0.05) is 11.8 Å². The third-order valence-electron chi connectivity index (χ3n) is 3.39. The van der Waals surface area contributed by atoms with Crippen molar-refractivity contribution < 1.29 is 17.6 Å². The van der Waals surface area contributed by atoms with Crippen LogP contribution >= 0.6 is 0 Å². The highest BCUT2D eigenvalue weighted by Crippen LogP contribution is 2.28. The van der Waals surface area contributed by atoms with Gasteiger partial charge in [-0.15, -0.1) is 0 Å². The normalized spacial score (nSPS) is 11.5. The number of halogens is 3. The first kappa shape index (κ1) is 17.2. The van der Waals surface area contributed by atoms with E-state index in [0.29, 0.717) is 17.1 Å². The lowest BCUT2D eigenvalue weighted by Gasteiger charge is -2.06. The summed E-state index contributed by atoms with van der Waals surface area (Å²) in [6.45, 7) is 0. The first-order valence-corrected chi connectivity index (χ1v) is 7.38. The van der Waals surface area contributed by atoms with Gasteiger partial charge >= 0.3 is 6.18 Å². The average Bonchev–Trinajstić information content (AvgIpc) is 3.10. The second kappa shape index (κ2) is 7.11. The molecular weight excluding hydrogens is 345 g/mol. The summed E-state index contributed by atoms with van der Waals surface area (Å²) >= 11 is 0. The minimum absolute atomic E-state index is 0.174. The SMILES string of the molecule is N#Cc1ccc(-c2ccc(/C=N/Nc3ccc(C(F)(F)F)cn3)o2)cc1. The number of nitriles is 1. The van der Waals surface area contributed by atoms with E-state index in [1.807, 2.05) is 6.07 Å². The predicted octanol–water partition coefficient (Wildman–Crippen LogP) is 4.68. The Hall–Kier alpha value is -3.60. The third kappa shape index (κ3) is 4.08. The topological polar surface area (TPSA) is 74.2 Å². The maximum atomic E-state index is 12.5. The van der Waals surface area contributed by atoms with Crippen molar-refractivity contribution >= 4 is 12.0 Å². The van der Waals surface area contributed by atoms with Gasteiger partial charge in [-0.25, -0.2) is 4.98 Å². The highest BCUT2D eigenvalue weighted by atomic mass is 19.4. The fourth-order valence-corrected chi connectivity index (χ4v) is 2.08. The quantitative estimate of drug-likeness (QED) is 0.544. The molecule has 0 amide bonds. The van der Waals surface area contributed by atoms with Gasteiger partial charge in [-0.2, -0.15) is 23.5 Å². The molecule has 130 valence electrons. The summed E-state index contributed by atoms with van der Waals surface area (Å²) in [7, 11) is 0. The summed E-state index contributed by atoms with van der Waals surface area (Å²) in [5.74, 6) is 1.22. The highest BCUT2D eigenvalue weighted by molar-refractivity contribution is 5.78. The second-order valence-corrected chi connectivity index (χ2v) is 5.19. The number of rotatable bonds is 4. The third-order valence-corrected chi connectivity index (χ3v) is 3.39. The Balaban J connectivity index is 1.64. The molecule has 0 aliphatic heterocycles. The fraction of sp³-hybridized carbons (Fsp3) is 0.0556. The summed E-state index contributed by atoms with van der Waals surface area (Å²) < 4.78 is 43.0. The van der Waals surface area contributed by atoms with Crippen molar-refractivity contribution in [3.8, 4) is 17.4 Å². The van der Waals surface area contributed by atoms with Gasteiger partial charge < -0.3 is 4.42 Å². The molecule has 0 aliphatic rings. The van der Waals surface area contributed by atoms with Crippen LogP contribution in [0.4, 0.5) is 19.0 Å². The molecule has 5 nitrogen and oxygen atoms in total. The Morgan fingerprint density at radius 1 is 1.08 bits per heavy atom. The molecule has 0 saturated carbocycles. The van der Waals surface area contributed by atoms with E-state index >= 15 is 0 Å². The summed E-state index contributed by atoms with van der Waals surface area (Å²) in [5, 5.41) is 12.7. The second-order valence-electron chi connectivity index (χ2n) is 5.19. The zero-order valence-electron chi connectivity index (χ0n) is 13.2. The predicted molar refractivity (Wildman–Crippen MR) is 89.3 cm³/mol. The summed E-state index contributed by atoms with van der Waals surface area (Å²) in [5.41, 5.74) is 3.06. The van der Waals surface area contributed by atoms with Crippen LogP contribution in [0.25, 0.3) is 11.3 Å². The van der Waals surface area contributed by atoms with Gasteiger partial charge in [-0.3, -0.25) is 5.43 Å². The van der Waals surface area contributed by atoms with E-state index in [1.165, 1.54) is 12.3 Å². The zero-order chi connectivity index (χ0) is 18.6. The van der Waals surface area contributed by atoms with E-state index in [4.69, 9.17) is 9.68 Å². The van der Waals surface area contributed by atoms with Gasteiger partial charge in [0.1, 0.15) is 17.3 Å². The Kier molecular flexibility index (Phi) is 4.71. The lowest BCUT2D eigenvalue weighted by Crippen LogP contribution is -2.05. The molecule has 2 aromatic heterocycles. The monoisotopic (exact) mass is 356 g/mol. The van der Waals surface area contributed by atoms with Crippen molar-refractivity contribution in [2.75, 3.05) is 5.43 Å². The molecule has 3 rings (SSSR count). The maximum Gasteiger partial charge on any atom is 0.417 e. The molecule has 0 spiro atoms. The van der Waals surface area contributed by atoms with Crippen molar-refractivity contribution in [3.05, 3.63) is 71.6 Å². The van der Waals surface area contributed by atoms with Crippen LogP contribution < -0.4 is 5.43 Å². The lowest BCUT2D eigenvalue weighted by atomic mass is 10.1. The van der Waals surface area contributed by atoms with E-state index in [-0.39, 0.29) is 5.82 Å². The number of anilines is 1. The molecule has 8 heteroatoms.